The summed E-state index contributed by atoms with van der Waals surface area (Å²) in [5.74, 6) is 1.37. The van der Waals surface area contributed by atoms with E-state index in [4.69, 9.17) is 14.5 Å². The van der Waals surface area contributed by atoms with Crippen LogP contribution >= 0.6 is 0 Å². The molecule has 9 nitrogen and oxygen atoms in total. The molecule has 1 aliphatic heterocycles. The average molecular weight is 532 g/mol. The van der Waals surface area contributed by atoms with E-state index in [2.05, 4.69) is 26.8 Å². The summed E-state index contributed by atoms with van der Waals surface area (Å²) in [6.45, 7) is 3.01. The van der Waals surface area contributed by atoms with Crippen molar-refractivity contribution < 1.29 is 17.9 Å². The van der Waals surface area contributed by atoms with Crippen LogP contribution in [0.2, 0.25) is 0 Å². The highest BCUT2D eigenvalue weighted by Crippen LogP contribution is 2.48. The zero-order valence-electron chi connectivity index (χ0n) is 21.2. The Labute approximate surface area is 222 Å². The van der Waals surface area contributed by atoms with Gasteiger partial charge in [-0.1, -0.05) is 0 Å². The summed E-state index contributed by atoms with van der Waals surface area (Å²) in [6.07, 6.45) is 8.63. The van der Waals surface area contributed by atoms with Gasteiger partial charge in [-0.15, -0.1) is 0 Å². The molecular formula is C28H29N5O4S. The molecule has 0 spiro atoms. The summed E-state index contributed by atoms with van der Waals surface area (Å²) in [5.41, 5.74) is 4.33. The van der Waals surface area contributed by atoms with Gasteiger partial charge in [0.05, 0.1) is 17.0 Å². The molecule has 0 unspecified atom stereocenters. The summed E-state index contributed by atoms with van der Waals surface area (Å²) in [5, 5.41) is 9.31. The fourth-order valence-electron chi connectivity index (χ4n) is 4.77. The van der Waals surface area contributed by atoms with Gasteiger partial charge in [0.2, 0.25) is 15.9 Å². The number of sulfonamides is 1. The molecular weight excluding hydrogens is 502 g/mol. The van der Waals surface area contributed by atoms with Crippen LogP contribution in [0.5, 0.6) is 11.6 Å². The van der Waals surface area contributed by atoms with Crippen LogP contribution in [0.1, 0.15) is 72.9 Å². The minimum absolute atomic E-state index is 0.0182. The Morgan fingerprint density at radius 1 is 1.03 bits per heavy atom. The fourth-order valence-corrected chi connectivity index (χ4v) is 6.13. The number of nitrogens with one attached hydrogen (secondary N) is 1. The van der Waals surface area contributed by atoms with Crippen molar-refractivity contribution in [1.82, 2.24) is 19.7 Å². The van der Waals surface area contributed by atoms with E-state index >= 15 is 0 Å². The first-order chi connectivity index (χ1) is 18.4. The van der Waals surface area contributed by atoms with Crippen molar-refractivity contribution in [1.29, 1.82) is 5.26 Å². The van der Waals surface area contributed by atoms with Crippen LogP contribution in [0.15, 0.2) is 41.6 Å². The van der Waals surface area contributed by atoms with Gasteiger partial charge in [-0.3, -0.25) is 9.97 Å². The van der Waals surface area contributed by atoms with Crippen molar-refractivity contribution in [3.8, 4) is 29.0 Å². The van der Waals surface area contributed by atoms with Crippen LogP contribution in [0.3, 0.4) is 0 Å². The van der Waals surface area contributed by atoms with Crippen molar-refractivity contribution in [2.45, 2.75) is 68.2 Å². The smallest absolute Gasteiger partial charge is 0.246 e. The molecule has 2 aliphatic carbocycles. The van der Waals surface area contributed by atoms with Gasteiger partial charge in [0.1, 0.15) is 11.0 Å². The number of nitrogens with zero attached hydrogens (tertiary/aromatic N) is 4. The normalized spacial score (nSPS) is 18.2. The second kappa shape index (κ2) is 10.1. The number of aryl methyl sites for hydroxylation is 1. The monoisotopic (exact) mass is 531 g/mol. The summed E-state index contributed by atoms with van der Waals surface area (Å²) in [7, 11) is -3.95. The van der Waals surface area contributed by atoms with Crippen molar-refractivity contribution >= 4 is 10.0 Å². The molecule has 6 rings (SSSR count). The van der Waals surface area contributed by atoms with Gasteiger partial charge < -0.3 is 9.47 Å². The lowest BCUT2D eigenvalue weighted by molar-refractivity contribution is 0.0832. The zero-order chi connectivity index (χ0) is 26.3. The molecule has 0 aromatic carbocycles. The number of aromatic nitrogens is 3. The Hall–Kier alpha value is -3.39. The molecule has 4 heterocycles. The van der Waals surface area contributed by atoms with Gasteiger partial charge in [0, 0.05) is 54.7 Å². The van der Waals surface area contributed by atoms with Crippen LogP contribution in [0.4, 0.5) is 0 Å². The molecule has 0 bridgehead atoms. The van der Waals surface area contributed by atoms with Crippen LogP contribution < -0.4 is 9.46 Å². The SMILES string of the molecule is Cc1cc(C2CC2)nc(C2CC2)c1Oc1nc(-c2cncc(C#N)c2)ccc1S(=O)(=O)NC1CCOCC1. The molecule has 0 atom stereocenters. The molecule has 3 fully saturated rings. The van der Waals surface area contributed by atoms with Crippen LogP contribution in [-0.2, 0) is 14.8 Å². The lowest BCUT2D eigenvalue weighted by Gasteiger charge is -2.23. The van der Waals surface area contributed by atoms with Crippen molar-refractivity contribution in [3.05, 3.63) is 59.2 Å². The Bertz CT molecular complexity index is 1520. The van der Waals surface area contributed by atoms with E-state index in [9.17, 15) is 13.7 Å². The van der Waals surface area contributed by atoms with Crippen molar-refractivity contribution in [3.63, 3.8) is 0 Å². The van der Waals surface area contributed by atoms with Gasteiger partial charge in [0.15, 0.2) is 5.75 Å². The molecule has 3 aromatic heterocycles. The van der Waals surface area contributed by atoms with E-state index in [-0.39, 0.29) is 16.8 Å². The second-order valence-electron chi connectivity index (χ2n) is 10.3. The molecule has 3 aromatic rings. The molecule has 0 radical (unpaired) electrons. The maximum absolute atomic E-state index is 13.6. The minimum atomic E-state index is -3.95. The first-order valence-electron chi connectivity index (χ1n) is 13.1. The lowest BCUT2D eigenvalue weighted by atomic mass is 10.1. The Morgan fingerprint density at radius 3 is 2.50 bits per heavy atom. The summed E-state index contributed by atoms with van der Waals surface area (Å²) < 4.78 is 41.8. The number of hydrogen-bond donors (Lipinski definition) is 1. The van der Waals surface area contributed by atoms with Gasteiger partial charge in [-0.25, -0.2) is 18.1 Å². The summed E-state index contributed by atoms with van der Waals surface area (Å²) in [4.78, 5) is 13.7. The van der Waals surface area contributed by atoms with E-state index in [1.807, 2.05) is 6.92 Å². The highest BCUT2D eigenvalue weighted by molar-refractivity contribution is 7.89. The molecule has 1 saturated heterocycles. The predicted molar refractivity (Wildman–Crippen MR) is 139 cm³/mol. The summed E-state index contributed by atoms with van der Waals surface area (Å²) >= 11 is 0. The molecule has 38 heavy (non-hydrogen) atoms. The highest BCUT2D eigenvalue weighted by Gasteiger charge is 2.34. The quantitative estimate of drug-likeness (QED) is 0.442. The molecule has 3 aliphatic rings. The van der Waals surface area contributed by atoms with E-state index in [0.29, 0.717) is 60.5 Å². The van der Waals surface area contributed by atoms with Gasteiger partial charge in [-0.2, -0.15) is 5.26 Å². The molecule has 1 N–H and O–H groups in total. The standard InChI is InChI=1S/C28H29N5O4S/c1-17-12-24(19-2-3-19)31-26(20-4-5-20)27(17)37-28-25(38(34,35)33-22-8-10-36-11-9-22)7-6-23(32-28)21-13-18(14-29)15-30-16-21/h6-7,12-13,15-16,19-20,22,33H,2-5,8-11H2,1H3. The maximum Gasteiger partial charge on any atom is 0.246 e. The van der Waals surface area contributed by atoms with E-state index < -0.39 is 10.0 Å². The van der Waals surface area contributed by atoms with Gasteiger partial charge in [-0.05, 0) is 75.3 Å². The van der Waals surface area contributed by atoms with Crippen LogP contribution in [-0.4, -0.2) is 42.6 Å². The molecule has 10 heteroatoms. The van der Waals surface area contributed by atoms with Crippen molar-refractivity contribution in [2.75, 3.05) is 13.2 Å². The number of nitriles is 1. The molecule has 0 amide bonds. The van der Waals surface area contributed by atoms with Crippen LogP contribution in [0.25, 0.3) is 11.3 Å². The highest BCUT2D eigenvalue weighted by atomic mass is 32.2. The third-order valence-electron chi connectivity index (χ3n) is 7.18. The lowest BCUT2D eigenvalue weighted by Crippen LogP contribution is -2.39. The van der Waals surface area contributed by atoms with E-state index in [1.54, 1.807) is 18.3 Å². The summed E-state index contributed by atoms with van der Waals surface area (Å²) in [6, 6.07) is 8.71. The largest absolute Gasteiger partial charge is 0.435 e. The van der Waals surface area contributed by atoms with Gasteiger partial charge in [0.25, 0.3) is 0 Å². The van der Waals surface area contributed by atoms with Crippen LogP contribution in [0, 0.1) is 18.3 Å². The number of rotatable bonds is 8. The second-order valence-corrected chi connectivity index (χ2v) is 12.0. The Balaban J connectivity index is 1.43. The number of hydrogen-bond acceptors (Lipinski definition) is 8. The zero-order valence-corrected chi connectivity index (χ0v) is 22.0. The number of ether oxygens (including phenoxy) is 2. The van der Waals surface area contributed by atoms with E-state index in [1.165, 1.54) is 12.3 Å². The third kappa shape index (κ3) is 5.27. The number of pyridine rings is 3. The first-order valence-corrected chi connectivity index (χ1v) is 14.6. The van der Waals surface area contributed by atoms with E-state index in [0.717, 1.165) is 42.6 Å². The molecule has 2 saturated carbocycles. The topological polar surface area (TPSA) is 127 Å². The Morgan fingerprint density at radius 2 is 1.79 bits per heavy atom. The maximum atomic E-state index is 13.6. The average Bonchev–Trinajstić information content (AvgIpc) is 3.83. The predicted octanol–water partition coefficient (Wildman–Crippen LogP) is 4.72. The fraction of sp³-hybridized carbons (Fsp3) is 0.429. The molecule has 196 valence electrons. The Kier molecular flexibility index (Phi) is 6.60. The first kappa shape index (κ1) is 24.9. The third-order valence-corrected chi connectivity index (χ3v) is 8.72. The van der Waals surface area contributed by atoms with Crippen molar-refractivity contribution in [2.24, 2.45) is 0 Å². The minimum Gasteiger partial charge on any atom is -0.435 e. The van der Waals surface area contributed by atoms with Gasteiger partial charge >= 0.3 is 0 Å².